The van der Waals surface area contributed by atoms with E-state index < -0.39 is 0 Å². The standard InChI is InChI=1S/C16H31N3O/c1-11(2)19-7-6-13(10-19)9-18-16(20)15-8-14(17)5-4-12(15)3/h11-15H,4-10,17H2,1-3H3,(H,18,20). The van der Waals surface area contributed by atoms with Gasteiger partial charge in [-0.2, -0.15) is 0 Å². The van der Waals surface area contributed by atoms with E-state index in [1.807, 2.05) is 0 Å². The van der Waals surface area contributed by atoms with Crippen LogP contribution in [0.3, 0.4) is 0 Å². The van der Waals surface area contributed by atoms with Crippen LogP contribution in [0.25, 0.3) is 0 Å². The zero-order chi connectivity index (χ0) is 14.7. The van der Waals surface area contributed by atoms with Gasteiger partial charge in [0.15, 0.2) is 0 Å². The number of likely N-dealkylation sites (tertiary alicyclic amines) is 1. The Kier molecular flexibility index (Phi) is 5.44. The van der Waals surface area contributed by atoms with Gasteiger partial charge in [0.05, 0.1) is 0 Å². The van der Waals surface area contributed by atoms with Gasteiger partial charge in [-0.05, 0) is 57.9 Å². The van der Waals surface area contributed by atoms with E-state index in [0.29, 0.717) is 17.9 Å². The van der Waals surface area contributed by atoms with E-state index in [-0.39, 0.29) is 17.9 Å². The quantitative estimate of drug-likeness (QED) is 0.823. The van der Waals surface area contributed by atoms with Gasteiger partial charge in [-0.1, -0.05) is 6.92 Å². The maximum absolute atomic E-state index is 12.3. The van der Waals surface area contributed by atoms with E-state index in [1.54, 1.807) is 0 Å². The van der Waals surface area contributed by atoms with Crippen molar-refractivity contribution in [2.24, 2.45) is 23.5 Å². The van der Waals surface area contributed by atoms with Crippen LogP contribution in [-0.4, -0.2) is 42.5 Å². The van der Waals surface area contributed by atoms with Crippen molar-refractivity contribution in [3.8, 4) is 0 Å². The number of hydrogen-bond acceptors (Lipinski definition) is 3. The Morgan fingerprint density at radius 1 is 1.35 bits per heavy atom. The summed E-state index contributed by atoms with van der Waals surface area (Å²) >= 11 is 0. The van der Waals surface area contributed by atoms with Crippen molar-refractivity contribution in [3.63, 3.8) is 0 Å². The second-order valence-corrected chi connectivity index (χ2v) is 7.15. The van der Waals surface area contributed by atoms with Gasteiger partial charge < -0.3 is 16.0 Å². The minimum Gasteiger partial charge on any atom is -0.356 e. The number of amides is 1. The van der Waals surface area contributed by atoms with Crippen LogP contribution < -0.4 is 11.1 Å². The van der Waals surface area contributed by atoms with Gasteiger partial charge in [0.2, 0.25) is 5.91 Å². The number of nitrogens with two attached hydrogens (primary N) is 1. The number of carbonyl (C=O) groups is 1. The molecule has 1 heterocycles. The van der Waals surface area contributed by atoms with Gasteiger partial charge in [-0.25, -0.2) is 0 Å². The van der Waals surface area contributed by atoms with Crippen LogP contribution in [0.2, 0.25) is 0 Å². The molecule has 1 aliphatic heterocycles. The second-order valence-electron chi connectivity index (χ2n) is 7.15. The first-order chi connectivity index (χ1) is 9.47. The van der Waals surface area contributed by atoms with Gasteiger partial charge >= 0.3 is 0 Å². The fraction of sp³-hybridized carbons (Fsp3) is 0.938. The summed E-state index contributed by atoms with van der Waals surface area (Å²) in [5.41, 5.74) is 6.01. The fourth-order valence-electron chi connectivity index (χ4n) is 3.59. The molecule has 4 atom stereocenters. The normalized spacial score (nSPS) is 35.5. The van der Waals surface area contributed by atoms with Gasteiger partial charge in [0.1, 0.15) is 0 Å². The molecule has 0 radical (unpaired) electrons. The van der Waals surface area contributed by atoms with E-state index in [1.165, 1.54) is 13.0 Å². The van der Waals surface area contributed by atoms with Crippen molar-refractivity contribution >= 4 is 5.91 Å². The summed E-state index contributed by atoms with van der Waals surface area (Å²) in [6.45, 7) is 9.80. The molecule has 4 nitrogen and oxygen atoms in total. The molecule has 1 saturated heterocycles. The molecule has 2 rings (SSSR count). The zero-order valence-electron chi connectivity index (χ0n) is 13.3. The Balaban J connectivity index is 1.75. The van der Waals surface area contributed by atoms with Crippen molar-refractivity contribution in [2.45, 2.75) is 58.5 Å². The minimum absolute atomic E-state index is 0.126. The lowest BCUT2D eigenvalue weighted by Crippen LogP contribution is -2.43. The van der Waals surface area contributed by atoms with Crippen LogP contribution in [0.1, 0.15) is 46.5 Å². The molecule has 0 aromatic carbocycles. The molecule has 4 heteroatoms. The highest BCUT2D eigenvalue weighted by atomic mass is 16.1. The number of nitrogens with zero attached hydrogens (tertiary/aromatic N) is 1. The summed E-state index contributed by atoms with van der Waals surface area (Å²) < 4.78 is 0. The first kappa shape index (κ1) is 15.8. The summed E-state index contributed by atoms with van der Waals surface area (Å²) in [6.07, 6.45) is 4.22. The highest BCUT2D eigenvalue weighted by Gasteiger charge is 2.32. The van der Waals surface area contributed by atoms with Crippen LogP contribution in [0.15, 0.2) is 0 Å². The third-order valence-corrected chi connectivity index (χ3v) is 5.19. The van der Waals surface area contributed by atoms with Crippen LogP contribution in [-0.2, 0) is 4.79 Å². The average Bonchev–Trinajstić information content (AvgIpc) is 2.88. The maximum Gasteiger partial charge on any atom is 0.223 e. The predicted octanol–water partition coefficient (Wildman–Crippen LogP) is 1.60. The summed E-state index contributed by atoms with van der Waals surface area (Å²) in [6, 6.07) is 0.830. The average molecular weight is 281 g/mol. The molecule has 4 unspecified atom stereocenters. The molecular formula is C16H31N3O. The predicted molar refractivity (Wildman–Crippen MR) is 82.3 cm³/mol. The Hall–Kier alpha value is -0.610. The van der Waals surface area contributed by atoms with Crippen LogP contribution in [0.5, 0.6) is 0 Å². The Morgan fingerprint density at radius 3 is 2.75 bits per heavy atom. The van der Waals surface area contributed by atoms with Crippen LogP contribution in [0, 0.1) is 17.8 Å². The maximum atomic E-state index is 12.3. The van der Waals surface area contributed by atoms with Crippen molar-refractivity contribution in [1.82, 2.24) is 10.2 Å². The Bertz CT molecular complexity index is 332. The summed E-state index contributed by atoms with van der Waals surface area (Å²) in [5, 5.41) is 3.18. The Morgan fingerprint density at radius 2 is 2.10 bits per heavy atom. The molecule has 20 heavy (non-hydrogen) atoms. The number of carbonyl (C=O) groups excluding carboxylic acids is 1. The van der Waals surface area contributed by atoms with Crippen molar-refractivity contribution < 1.29 is 4.79 Å². The highest BCUT2D eigenvalue weighted by Crippen LogP contribution is 2.29. The third kappa shape index (κ3) is 3.95. The monoisotopic (exact) mass is 281 g/mol. The van der Waals surface area contributed by atoms with E-state index >= 15 is 0 Å². The molecule has 3 N–H and O–H groups in total. The zero-order valence-corrected chi connectivity index (χ0v) is 13.3. The highest BCUT2D eigenvalue weighted by molar-refractivity contribution is 5.79. The second kappa shape index (κ2) is 6.90. The Labute approximate surface area is 123 Å². The van der Waals surface area contributed by atoms with Crippen molar-refractivity contribution in [1.29, 1.82) is 0 Å². The lowest BCUT2D eigenvalue weighted by Gasteiger charge is -2.31. The molecule has 1 aliphatic carbocycles. The lowest BCUT2D eigenvalue weighted by molar-refractivity contribution is -0.127. The van der Waals surface area contributed by atoms with E-state index in [2.05, 4.69) is 31.0 Å². The van der Waals surface area contributed by atoms with E-state index in [9.17, 15) is 4.79 Å². The smallest absolute Gasteiger partial charge is 0.223 e. The first-order valence-electron chi connectivity index (χ1n) is 8.24. The SMILES string of the molecule is CC1CCC(N)CC1C(=O)NCC1CCN(C(C)C)C1. The lowest BCUT2D eigenvalue weighted by atomic mass is 9.77. The summed E-state index contributed by atoms with van der Waals surface area (Å²) in [7, 11) is 0. The van der Waals surface area contributed by atoms with E-state index in [0.717, 1.165) is 32.4 Å². The van der Waals surface area contributed by atoms with Gasteiger partial charge in [-0.3, -0.25) is 4.79 Å². The van der Waals surface area contributed by atoms with E-state index in [4.69, 9.17) is 5.73 Å². The van der Waals surface area contributed by atoms with Crippen molar-refractivity contribution in [3.05, 3.63) is 0 Å². The topological polar surface area (TPSA) is 58.4 Å². The molecule has 0 aromatic rings. The summed E-state index contributed by atoms with van der Waals surface area (Å²) in [4.78, 5) is 14.8. The summed E-state index contributed by atoms with van der Waals surface area (Å²) in [5.74, 6) is 1.46. The molecule has 1 amide bonds. The first-order valence-corrected chi connectivity index (χ1v) is 8.24. The minimum atomic E-state index is 0.126. The van der Waals surface area contributed by atoms with Crippen molar-refractivity contribution in [2.75, 3.05) is 19.6 Å². The van der Waals surface area contributed by atoms with Gasteiger partial charge in [0, 0.05) is 31.1 Å². The molecule has 2 aliphatic rings. The number of rotatable bonds is 4. The third-order valence-electron chi connectivity index (χ3n) is 5.19. The van der Waals surface area contributed by atoms with Gasteiger partial charge in [-0.15, -0.1) is 0 Å². The molecular weight excluding hydrogens is 250 g/mol. The van der Waals surface area contributed by atoms with Crippen LogP contribution >= 0.6 is 0 Å². The molecule has 0 spiro atoms. The van der Waals surface area contributed by atoms with Gasteiger partial charge in [0.25, 0.3) is 0 Å². The molecule has 0 aromatic heterocycles. The largest absolute Gasteiger partial charge is 0.356 e. The fourth-order valence-corrected chi connectivity index (χ4v) is 3.59. The number of hydrogen-bond donors (Lipinski definition) is 2. The van der Waals surface area contributed by atoms with Crippen LogP contribution in [0.4, 0.5) is 0 Å². The number of nitrogens with one attached hydrogen (secondary N) is 1. The molecule has 0 bridgehead atoms. The molecule has 1 saturated carbocycles. The molecule has 2 fully saturated rings. The molecule has 116 valence electrons.